The lowest BCUT2D eigenvalue weighted by Crippen LogP contribution is -2.19. The highest BCUT2D eigenvalue weighted by molar-refractivity contribution is 6.37. The standard InChI is InChI=1S/C22H16Cl2F2N2O2/c23-18-9-15(12-27-28-21(29)11-14-5-7-17(25)8-6-14)10-19(24)22(18)30-13-16-3-1-2-4-20(16)26/h1-10,12H,11,13H2,(H,28,29)/b27-12+. The zero-order valence-corrected chi connectivity index (χ0v) is 17.1. The van der Waals surface area contributed by atoms with E-state index in [4.69, 9.17) is 27.9 Å². The molecule has 0 radical (unpaired) electrons. The van der Waals surface area contributed by atoms with Gasteiger partial charge in [-0.3, -0.25) is 4.79 Å². The fourth-order valence-electron chi connectivity index (χ4n) is 2.56. The monoisotopic (exact) mass is 448 g/mol. The summed E-state index contributed by atoms with van der Waals surface area (Å²) in [5.74, 6) is -0.892. The summed E-state index contributed by atoms with van der Waals surface area (Å²) in [7, 11) is 0. The Bertz CT molecular complexity index is 1050. The summed E-state index contributed by atoms with van der Waals surface area (Å²) >= 11 is 12.4. The van der Waals surface area contributed by atoms with Crippen molar-refractivity contribution in [3.63, 3.8) is 0 Å². The average molecular weight is 449 g/mol. The first-order valence-corrected chi connectivity index (χ1v) is 9.59. The number of benzene rings is 3. The van der Waals surface area contributed by atoms with Gasteiger partial charge in [-0.2, -0.15) is 5.10 Å². The first-order chi connectivity index (χ1) is 14.4. The lowest BCUT2D eigenvalue weighted by Gasteiger charge is -2.11. The maximum absolute atomic E-state index is 13.7. The van der Waals surface area contributed by atoms with E-state index in [1.165, 1.54) is 36.5 Å². The smallest absolute Gasteiger partial charge is 0.244 e. The Labute approximate surface area is 182 Å². The van der Waals surface area contributed by atoms with Crippen molar-refractivity contribution in [2.45, 2.75) is 13.0 Å². The van der Waals surface area contributed by atoms with Gasteiger partial charge in [0.15, 0.2) is 5.75 Å². The van der Waals surface area contributed by atoms with E-state index >= 15 is 0 Å². The molecule has 3 rings (SSSR count). The molecule has 0 aliphatic rings. The van der Waals surface area contributed by atoms with Gasteiger partial charge in [0.1, 0.15) is 18.2 Å². The van der Waals surface area contributed by atoms with Crippen molar-refractivity contribution in [2.75, 3.05) is 0 Å². The van der Waals surface area contributed by atoms with Crippen molar-refractivity contribution in [1.29, 1.82) is 0 Å². The summed E-state index contributed by atoms with van der Waals surface area (Å²) in [4.78, 5) is 11.9. The summed E-state index contributed by atoms with van der Waals surface area (Å²) in [6.45, 7) is -0.0288. The second-order valence-electron chi connectivity index (χ2n) is 6.29. The minimum Gasteiger partial charge on any atom is -0.486 e. The number of hydrazone groups is 1. The molecule has 154 valence electrons. The fraction of sp³-hybridized carbons (Fsp3) is 0.0909. The van der Waals surface area contributed by atoms with Gasteiger partial charge in [0.05, 0.1) is 22.7 Å². The van der Waals surface area contributed by atoms with Gasteiger partial charge >= 0.3 is 0 Å². The number of hydrogen-bond acceptors (Lipinski definition) is 3. The van der Waals surface area contributed by atoms with Crippen LogP contribution < -0.4 is 10.2 Å². The predicted octanol–water partition coefficient (Wildman–Crippen LogP) is 5.54. The molecule has 0 atom stereocenters. The summed E-state index contributed by atoms with van der Waals surface area (Å²) in [6.07, 6.45) is 1.43. The van der Waals surface area contributed by atoms with Crippen LogP contribution in [0.1, 0.15) is 16.7 Å². The molecule has 0 aromatic heterocycles. The summed E-state index contributed by atoms with van der Waals surface area (Å²) in [5.41, 5.74) is 3.94. The lowest BCUT2D eigenvalue weighted by atomic mass is 10.1. The molecule has 0 aliphatic carbocycles. The summed E-state index contributed by atoms with van der Waals surface area (Å²) < 4.78 is 32.2. The Morgan fingerprint density at radius 1 is 1.03 bits per heavy atom. The van der Waals surface area contributed by atoms with Crippen LogP contribution in [0.4, 0.5) is 8.78 Å². The lowest BCUT2D eigenvalue weighted by molar-refractivity contribution is -0.120. The SMILES string of the molecule is O=C(Cc1ccc(F)cc1)N/N=C/c1cc(Cl)c(OCc2ccccc2F)c(Cl)c1. The van der Waals surface area contributed by atoms with Gasteiger partial charge in [-0.05, 0) is 41.5 Å². The van der Waals surface area contributed by atoms with Crippen LogP contribution in [0.15, 0.2) is 65.8 Å². The molecule has 0 heterocycles. The molecule has 4 nitrogen and oxygen atoms in total. The molecule has 0 unspecified atom stereocenters. The van der Waals surface area contributed by atoms with E-state index in [1.54, 1.807) is 30.3 Å². The Morgan fingerprint density at radius 3 is 2.37 bits per heavy atom. The second kappa shape index (κ2) is 10.2. The molecule has 0 saturated heterocycles. The third-order valence-corrected chi connectivity index (χ3v) is 4.59. The van der Waals surface area contributed by atoms with Crippen molar-refractivity contribution in [3.05, 3.63) is 99.0 Å². The van der Waals surface area contributed by atoms with Gasteiger partial charge in [-0.1, -0.05) is 53.5 Å². The highest BCUT2D eigenvalue weighted by Gasteiger charge is 2.11. The van der Waals surface area contributed by atoms with E-state index < -0.39 is 0 Å². The number of carbonyl (C=O) groups excluding carboxylic acids is 1. The normalized spacial score (nSPS) is 10.9. The van der Waals surface area contributed by atoms with Crippen LogP contribution in [-0.4, -0.2) is 12.1 Å². The molecule has 1 amide bonds. The van der Waals surface area contributed by atoms with Crippen molar-refractivity contribution >= 4 is 35.3 Å². The molecule has 8 heteroatoms. The van der Waals surface area contributed by atoms with Crippen molar-refractivity contribution in [1.82, 2.24) is 5.43 Å². The number of ether oxygens (including phenoxy) is 1. The fourth-order valence-corrected chi connectivity index (χ4v) is 3.18. The minimum absolute atomic E-state index is 0.0288. The number of hydrogen-bond donors (Lipinski definition) is 1. The number of rotatable bonds is 7. The molecule has 0 spiro atoms. The number of nitrogens with one attached hydrogen (secondary N) is 1. The maximum atomic E-state index is 13.7. The van der Waals surface area contributed by atoms with Gasteiger partial charge in [-0.15, -0.1) is 0 Å². The van der Waals surface area contributed by atoms with E-state index in [0.29, 0.717) is 16.7 Å². The van der Waals surface area contributed by atoms with Gasteiger partial charge < -0.3 is 4.74 Å². The molecular weight excluding hydrogens is 433 g/mol. The van der Waals surface area contributed by atoms with Gasteiger partial charge in [0.2, 0.25) is 5.91 Å². The molecule has 30 heavy (non-hydrogen) atoms. The predicted molar refractivity (Wildman–Crippen MR) is 113 cm³/mol. The molecular formula is C22H16Cl2F2N2O2. The Kier molecular flexibility index (Phi) is 7.38. The Balaban J connectivity index is 1.59. The highest BCUT2D eigenvalue weighted by Crippen LogP contribution is 2.34. The Morgan fingerprint density at radius 2 is 1.70 bits per heavy atom. The zero-order chi connectivity index (χ0) is 21.5. The minimum atomic E-state index is -0.384. The van der Waals surface area contributed by atoms with E-state index in [0.717, 1.165) is 0 Å². The third-order valence-electron chi connectivity index (χ3n) is 4.03. The summed E-state index contributed by atoms with van der Waals surface area (Å²) in [6, 6.07) is 15.0. The van der Waals surface area contributed by atoms with E-state index in [2.05, 4.69) is 10.5 Å². The molecule has 3 aromatic rings. The van der Waals surface area contributed by atoms with Gasteiger partial charge in [0.25, 0.3) is 0 Å². The number of halogens is 4. The molecule has 1 N–H and O–H groups in total. The van der Waals surface area contributed by atoms with E-state index in [-0.39, 0.29) is 46.4 Å². The van der Waals surface area contributed by atoms with Gasteiger partial charge in [-0.25, -0.2) is 14.2 Å². The van der Waals surface area contributed by atoms with Crippen molar-refractivity contribution in [2.24, 2.45) is 5.10 Å². The van der Waals surface area contributed by atoms with Crippen LogP contribution in [0.25, 0.3) is 0 Å². The first-order valence-electron chi connectivity index (χ1n) is 8.84. The maximum Gasteiger partial charge on any atom is 0.244 e. The number of carbonyl (C=O) groups is 1. The number of nitrogens with zero attached hydrogens (tertiary/aromatic N) is 1. The van der Waals surface area contributed by atoms with Gasteiger partial charge in [0, 0.05) is 5.56 Å². The largest absolute Gasteiger partial charge is 0.486 e. The first kappa shape index (κ1) is 21.7. The second-order valence-corrected chi connectivity index (χ2v) is 7.10. The number of amides is 1. The molecule has 0 saturated carbocycles. The quantitative estimate of drug-likeness (QED) is 0.380. The van der Waals surface area contributed by atoms with Crippen LogP contribution in [0, 0.1) is 11.6 Å². The van der Waals surface area contributed by atoms with Crippen molar-refractivity contribution in [3.8, 4) is 5.75 Å². The molecule has 3 aromatic carbocycles. The third kappa shape index (κ3) is 6.02. The molecule has 0 fully saturated rings. The van der Waals surface area contributed by atoms with E-state index in [9.17, 15) is 13.6 Å². The van der Waals surface area contributed by atoms with E-state index in [1.807, 2.05) is 0 Å². The topological polar surface area (TPSA) is 50.7 Å². The molecule has 0 aliphatic heterocycles. The van der Waals surface area contributed by atoms with Crippen molar-refractivity contribution < 1.29 is 18.3 Å². The molecule has 0 bridgehead atoms. The Hall–Kier alpha value is -2.96. The van der Waals surface area contributed by atoms with Crippen LogP contribution in [-0.2, 0) is 17.8 Å². The van der Waals surface area contributed by atoms with Crippen LogP contribution in [0.5, 0.6) is 5.75 Å². The van der Waals surface area contributed by atoms with Crippen LogP contribution in [0.3, 0.4) is 0 Å². The van der Waals surface area contributed by atoms with Crippen LogP contribution in [0.2, 0.25) is 10.0 Å². The van der Waals surface area contributed by atoms with Crippen LogP contribution >= 0.6 is 23.2 Å². The zero-order valence-electron chi connectivity index (χ0n) is 15.5. The highest BCUT2D eigenvalue weighted by atomic mass is 35.5. The summed E-state index contributed by atoms with van der Waals surface area (Å²) in [5, 5.41) is 4.31. The average Bonchev–Trinajstić information content (AvgIpc) is 2.70.